The van der Waals surface area contributed by atoms with Crippen molar-refractivity contribution in [2.75, 3.05) is 12.8 Å². The van der Waals surface area contributed by atoms with E-state index in [1.54, 1.807) is 24.3 Å². The number of anilines is 1. The lowest BCUT2D eigenvalue weighted by molar-refractivity contribution is 0.0219. The van der Waals surface area contributed by atoms with Crippen LogP contribution in [0.4, 0.5) is 5.69 Å². The van der Waals surface area contributed by atoms with E-state index in [0.29, 0.717) is 11.3 Å². The summed E-state index contributed by atoms with van der Waals surface area (Å²) in [5.41, 5.74) is 7.70. The number of esters is 1. The molecule has 0 aromatic heterocycles. The number of nitrogens with one attached hydrogen (secondary N) is 1. The molecule has 2 aromatic carbocycles. The third-order valence-corrected chi connectivity index (χ3v) is 3.42. The molecule has 110 valence electrons. The van der Waals surface area contributed by atoms with Crippen molar-refractivity contribution in [2.24, 2.45) is 0 Å². The summed E-state index contributed by atoms with van der Waals surface area (Å²) < 4.78 is 5.67. The van der Waals surface area contributed by atoms with Gasteiger partial charge in [-0.2, -0.15) is 0 Å². The van der Waals surface area contributed by atoms with Crippen molar-refractivity contribution in [1.82, 2.24) is 5.32 Å². The van der Waals surface area contributed by atoms with Crippen molar-refractivity contribution in [2.45, 2.75) is 19.1 Å². The molecule has 0 amide bonds. The molecule has 0 bridgehead atoms. The molecule has 2 atom stereocenters. The fourth-order valence-electron chi connectivity index (χ4n) is 2.06. The predicted molar refractivity (Wildman–Crippen MR) is 84.0 cm³/mol. The van der Waals surface area contributed by atoms with E-state index in [9.17, 15) is 4.79 Å². The number of carbonyl (C=O) groups excluding carboxylic acids is 1. The van der Waals surface area contributed by atoms with Gasteiger partial charge < -0.3 is 15.8 Å². The van der Waals surface area contributed by atoms with Gasteiger partial charge in [0.25, 0.3) is 0 Å². The van der Waals surface area contributed by atoms with Gasteiger partial charge >= 0.3 is 5.97 Å². The van der Waals surface area contributed by atoms with Crippen molar-refractivity contribution in [3.8, 4) is 0 Å². The smallest absolute Gasteiger partial charge is 0.338 e. The van der Waals surface area contributed by atoms with Crippen molar-refractivity contribution in [3.05, 3.63) is 65.7 Å². The lowest BCUT2D eigenvalue weighted by atomic mass is 10.0. The van der Waals surface area contributed by atoms with E-state index in [1.165, 1.54) is 0 Å². The summed E-state index contributed by atoms with van der Waals surface area (Å²) in [5.74, 6) is -0.356. The standard InChI is InChI=1S/C17H20N2O2/c1-12(19-2)16(13-6-4-3-5-7-13)21-17(20)14-8-10-15(18)11-9-14/h3-12,16,19H,18H2,1-2H3/t12-,16-/m1/s1. The Morgan fingerprint density at radius 2 is 1.71 bits per heavy atom. The topological polar surface area (TPSA) is 64.3 Å². The number of hydrogen-bond acceptors (Lipinski definition) is 4. The lowest BCUT2D eigenvalue weighted by Gasteiger charge is -2.24. The Hall–Kier alpha value is -2.33. The SMILES string of the molecule is CN[C@H](C)[C@@H](OC(=O)c1ccc(N)cc1)c1ccccc1. The number of nitrogen functional groups attached to an aromatic ring is 1. The second-order valence-electron chi connectivity index (χ2n) is 4.94. The number of carbonyl (C=O) groups is 1. The van der Waals surface area contributed by atoms with Crippen LogP contribution >= 0.6 is 0 Å². The molecule has 4 heteroatoms. The largest absolute Gasteiger partial charge is 0.452 e. The van der Waals surface area contributed by atoms with Gasteiger partial charge in [-0.25, -0.2) is 4.79 Å². The highest BCUT2D eigenvalue weighted by molar-refractivity contribution is 5.90. The van der Waals surface area contributed by atoms with Crippen LogP contribution in [0.2, 0.25) is 0 Å². The maximum absolute atomic E-state index is 12.3. The number of ether oxygens (including phenoxy) is 1. The first-order valence-corrected chi connectivity index (χ1v) is 6.90. The fraction of sp³-hybridized carbons (Fsp3) is 0.235. The Labute approximate surface area is 124 Å². The highest BCUT2D eigenvalue weighted by Gasteiger charge is 2.23. The molecule has 0 saturated carbocycles. The van der Waals surface area contributed by atoms with E-state index >= 15 is 0 Å². The van der Waals surface area contributed by atoms with Gasteiger partial charge in [-0.05, 0) is 43.8 Å². The molecule has 0 unspecified atom stereocenters. The first-order valence-electron chi connectivity index (χ1n) is 6.90. The lowest BCUT2D eigenvalue weighted by Crippen LogP contribution is -2.32. The summed E-state index contributed by atoms with van der Waals surface area (Å²) in [6.45, 7) is 1.98. The average molecular weight is 284 g/mol. The van der Waals surface area contributed by atoms with Gasteiger partial charge in [-0.1, -0.05) is 30.3 Å². The van der Waals surface area contributed by atoms with Crippen LogP contribution in [0.5, 0.6) is 0 Å². The van der Waals surface area contributed by atoms with Crippen LogP contribution in [0.3, 0.4) is 0 Å². The average Bonchev–Trinajstić information content (AvgIpc) is 2.53. The van der Waals surface area contributed by atoms with Crippen LogP contribution in [0.15, 0.2) is 54.6 Å². The summed E-state index contributed by atoms with van der Waals surface area (Å²) in [5, 5.41) is 3.13. The molecule has 4 nitrogen and oxygen atoms in total. The van der Waals surface area contributed by atoms with Crippen molar-refractivity contribution in [1.29, 1.82) is 0 Å². The van der Waals surface area contributed by atoms with Crippen LogP contribution in [-0.4, -0.2) is 19.1 Å². The van der Waals surface area contributed by atoms with Gasteiger partial charge in [-0.3, -0.25) is 0 Å². The Kier molecular flexibility index (Phi) is 4.95. The monoisotopic (exact) mass is 284 g/mol. The van der Waals surface area contributed by atoms with Crippen molar-refractivity contribution in [3.63, 3.8) is 0 Å². The summed E-state index contributed by atoms with van der Waals surface area (Å²) >= 11 is 0. The van der Waals surface area contributed by atoms with Gasteiger partial charge in [0.1, 0.15) is 6.10 Å². The quantitative estimate of drug-likeness (QED) is 0.654. The maximum atomic E-state index is 12.3. The third kappa shape index (κ3) is 3.83. The molecule has 0 spiro atoms. The molecular weight excluding hydrogens is 264 g/mol. The molecule has 0 fully saturated rings. The van der Waals surface area contributed by atoms with Gasteiger partial charge in [0.15, 0.2) is 0 Å². The van der Waals surface area contributed by atoms with Crippen LogP contribution in [0.25, 0.3) is 0 Å². The number of likely N-dealkylation sites (N-methyl/N-ethyl adjacent to an activating group) is 1. The molecule has 3 N–H and O–H groups in total. The molecule has 0 saturated heterocycles. The Balaban J connectivity index is 2.19. The van der Waals surface area contributed by atoms with Crippen LogP contribution in [0, 0.1) is 0 Å². The predicted octanol–water partition coefficient (Wildman–Crippen LogP) is 2.77. The van der Waals surface area contributed by atoms with Gasteiger partial charge in [0, 0.05) is 11.7 Å². The minimum absolute atomic E-state index is 0.00475. The Morgan fingerprint density at radius 1 is 1.10 bits per heavy atom. The molecule has 2 aromatic rings. The molecule has 0 radical (unpaired) electrons. The van der Waals surface area contributed by atoms with Crippen LogP contribution in [-0.2, 0) is 4.74 Å². The zero-order chi connectivity index (χ0) is 15.2. The number of hydrogen-bond donors (Lipinski definition) is 2. The number of nitrogens with two attached hydrogens (primary N) is 1. The zero-order valence-corrected chi connectivity index (χ0v) is 12.2. The molecule has 21 heavy (non-hydrogen) atoms. The molecule has 0 aliphatic heterocycles. The van der Waals surface area contributed by atoms with E-state index in [0.717, 1.165) is 5.56 Å². The summed E-state index contributed by atoms with van der Waals surface area (Å²) in [6, 6.07) is 16.4. The van der Waals surface area contributed by atoms with E-state index in [1.807, 2.05) is 44.3 Å². The second-order valence-corrected chi connectivity index (χ2v) is 4.94. The summed E-state index contributed by atoms with van der Waals surface area (Å²) in [6.07, 6.45) is -0.346. The minimum atomic E-state index is -0.356. The highest BCUT2D eigenvalue weighted by Crippen LogP contribution is 2.23. The molecule has 0 aliphatic rings. The van der Waals surface area contributed by atoms with Crippen molar-refractivity contribution >= 4 is 11.7 Å². The van der Waals surface area contributed by atoms with Gasteiger partial charge in [-0.15, -0.1) is 0 Å². The first kappa shape index (κ1) is 15.1. The highest BCUT2D eigenvalue weighted by atomic mass is 16.5. The van der Waals surface area contributed by atoms with E-state index in [4.69, 9.17) is 10.5 Å². The minimum Gasteiger partial charge on any atom is -0.452 e. The number of benzene rings is 2. The van der Waals surface area contributed by atoms with Gasteiger partial charge in [0.05, 0.1) is 5.56 Å². The summed E-state index contributed by atoms with van der Waals surface area (Å²) in [4.78, 5) is 12.3. The molecular formula is C17H20N2O2. The normalized spacial score (nSPS) is 13.4. The van der Waals surface area contributed by atoms with Crippen LogP contribution < -0.4 is 11.1 Å². The molecule has 0 aliphatic carbocycles. The Bertz CT molecular complexity index is 581. The molecule has 2 rings (SSSR count). The Morgan fingerprint density at radius 3 is 2.29 bits per heavy atom. The van der Waals surface area contributed by atoms with E-state index in [-0.39, 0.29) is 18.1 Å². The first-order chi connectivity index (χ1) is 10.1. The van der Waals surface area contributed by atoms with E-state index in [2.05, 4.69) is 5.32 Å². The van der Waals surface area contributed by atoms with Crippen molar-refractivity contribution < 1.29 is 9.53 Å². The van der Waals surface area contributed by atoms with Gasteiger partial charge in [0.2, 0.25) is 0 Å². The molecule has 0 heterocycles. The zero-order valence-electron chi connectivity index (χ0n) is 12.2. The second kappa shape index (κ2) is 6.90. The maximum Gasteiger partial charge on any atom is 0.338 e. The fourth-order valence-corrected chi connectivity index (χ4v) is 2.06. The summed E-state index contributed by atoms with van der Waals surface area (Å²) in [7, 11) is 1.84. The third-order valence-electron chi connectivity index (χ3n) is 3.42. The van der Waals surface area contributed by atoms with E-state index < -0.39 is 0 Å². The number of rotatable bonds is 5. The van der Waals surface area contributed by atoms with Crippen LogP contribution in [0.1, 0.15) is 28.9 Å².